The van der Waals surface area contributed by atoms with Crippen molar-refractivity contribution in [3.05, 3.63) is 23.7 Å². The number of rotatable bonds is 3. The van der Waals surface area contributed by atoms with Crippen molar-refractivity contribution < 1.29 is 20.0 Å². The van der Waals surface area contributed by atoms with E-state index < -0.39 is 17.7 Å². The number of carbonyl (C=O) groups is 1. The number of hydrogen-bond acceptors (Lipinski definition) is 5. The van der Waals surface area contributed by atoms with Crippen LogP contribution in [0.15, 0.2) is 18.1 Å². The highest BCUT2D eigenvalue weighted by Gasteiger charge is 2.35. The van der Waals surface area contributed by atoms with Crippen molar-refractivity contribution in [3.8, 4) is 12.3 Å². The van der Waals surface area contributed by atoms with Gasteiger partial charge in [0.05, 0.1) is 12.8 Å². The fourth-order valence-electron chi connectivity index (χ4n) is 2.47. The van der Waals surface area contributed by atoms with Crippen molar-refractivity contribution in [1.29, 1.82) is 5.41 Å². The van der Waals surface area contributed by atoms with Gasteiger partial charge in [-0.05, 0) is 20.8 Å². The van der Waals surface area contributed by atoms with E-state index in [1.807, 2.05) is 5.32 Å². The Morgan fingerprint density at radius 3 is 2.88 bits per heavy atom. The minimum absolute atomic E-state index is 0.131. The minimum Gasteiger partial charge on any atom is -0.444 e. The largest absolute Gasteiger partial charge is 0.444 e. The monoisotopic (exact) mass is 346 g/mol. The molecule has 2 rings (SSSR count). The van der Waals surface area contributed by atoms with E-state index >= 15 is 0 Å². The summed E-state index contributed by atoms with van der Waals surface area (Å²) in [6, 6.07) is -0.392. The highest BCUT2D eigenvalue weighted by atomic mass is 16.6. The summed E-state index contributed by atoms with van der Waals surface area (Å²) in [5.41, 5.74) is 1.29. The zero-order valence-electron chi connectivity index (χ0n) is 14.7. The number of aliphatic hydroxyl groups excluding tert-OH is 1. The number of carbonyl (C=O) groups excluding carboxylic acids is 1. The first-order chi connectivity index (χ1) is 11.8. The fourth-order valence-corrected chi connectivity index (χ4v) is 2.47. The summed E-state index contributed by atoms with van der Waals surface area (Å²) >= 11 is 0. The van der Waals surface area contributed by atoms with E-state index in [0.717, 1.165) is 5.70 Å². The Labute approximate surface area is 147 Å². The van der Waals surface area contributed by atoms with Gasteiger partial charge in [-0.1, -0.05) is 5.92 Å². The minimum atomic E-state index is -0.621. The van der Waals surface area contributed by atoms with Gasteiger partial charge >= 0.3 is 6.09 Å². The number of aliphatic hydroxyl groups is 1. The molecule has 1 aliphatic rings. The van der Waals surface area contributed by atoms with Gasteiger partial charge in [-0.15, -0.1) is 6.42 Å². The normalized spacial score (nSPS) is 20.0. The second-order valence-electron chi connectivity index (χ2n) is 6.74. The summed E-state index contributed by atoms with van der Waals surface area (Å²) in [4.78, 5) is 14.0. The number of aromatic nitrogens is 2. The van der Waals surface area contributed by atoms with Crippen LogP contribution in [0.4, 0.5) is 4.79 Å². The van der Waals surface area contributed by atoms with Gasteiger partial charge in [-0.2, -0.15) is 5.10 Å². The smallest absolute Gasteiger partial charge is 0.412 e. The van der Waals surface area contributed by atoms with Crippen molar-refractivity contribution >= 4 is 18.0 Å². The second-order valence-corrected chi connectivity index (χ2v) is 6.74. The Balaban J connectivity index is 2.31. The topological polar surface area (TPSA) is 108 Å². The highest BCUT2D eigenvalue weighted by Crippen LogP contribution is 2.16. The SMILES string of the molecule is C#C[C@H]1C[NH2+]/C(=C(\C=N)n2cc(CO)cn2)CN1C(=O)OC(C)(C)C. The van der Waals surface area contributed by atoms with E-state index in [-0.39, 0.29) is 13.2 Å². The third kappa shape index (κ3) is 4.47. The quantitative estimate of drug-likeness (QED) is 0.529. The van der Waals surface area contributed by atoms with E-state index in [1.165, 1.54) is 22.0 Å². The van der Waals surface area contributed by atoms with E-state index in [4.69, 9.17) is 16.6 Å². The highest BCUT2D eigenvalue weighted by molar-refractivity contribution is 6.01. The number of terminal acetylenes is 1. The number of allylic oxidation sites excluding steroid dienone is 1. The van der Waals surface area contributed by atoms with Crippen LogP contribution in [0, 0.1) is 17.8 Å². The van der Waals surface area contributed by atoms with E-state index in [2.05, 4.69) is 11.0 Å². The lowest BCUT2D eigenvalue weighted by Gasteiger charge is -2.33. The molecule has 0 spiro atoms. The van der Waals surface area contributed by atoms with Crippen molar-refractivity contribution in [3.63, 3.8) is 0 Å². The van der Waals surface area contributed by atoms with Crippen molar-refractivity contribution in [1.82, 2.24) is 14.7 Å². The molecule has 4 N–H and O–H groups in total. The summed E-state index contributed by atoms with van der Waals surface area (Å²) in [5.74, 6) is 2.61. The maximum absolute atomic E-state index is 12.5. The van der Waals surface area contributed by atoms with Crippen LogP contribution in [0.2, 0.25) is 0 Å². The number of hydrogen-bond donors (Lipinski definition) is 3. The molecule has 0 bridgehead atoms. The first kappa shape index (κ1) is 18.7. The van der Waals surface area contributed by atoms with Gasteiger partial charge in [-0.25, -0.2) is 9.48 Å². The number of nitrogens with one attached hydrogen (secondary N) is 1. The number of quaternary nitrogens is 1. The molecule has 25 heavy (non-hydrogen) atoms. The van der Waals surface area contributed by atoms with Gasteiger partial charge in [0.15, 0.2) is 5.70 Å². The van der Waals surface area contributed by atoms with Crippen LogP contribution in [-0.4, -0.2) is 56.8 Å². The van der Waals surface area contributed by atoms with Gasteiger partial charge in [0.25, 0.3) is 0 Å². The summed E-state index contributed by atoms with van der Waals surface area (Å²) in [5, 5.41) is 23.0. The third-order valence-corrected chi connectivity index (χ3v) is 3.66. The second kappa shape index (κ2) is 7.51. The molecule has 134 valence electrons. The lowest BCUT2D eigenvalue weighted by molar-refractivity contribution is -0.618. The molecule has 1 amide bonds. The molecule has 0 radical (unpaired) electrons. The molecule has 0 aliphatic carbocycles. The number of ether oxygens (including phenoxy) is 1. The van der Waals surface area contributed by atoms with E-state index in [1.54, 1.807) is 27.0 Å². The van der Waals surface area contributed by atoms with Gasteiger partial charge < -0.3 is 20.6 Å². The standard InChI is InChI=1S/C17H23N5O3/c1-5-13-8-19-14(10-21(13)16(24)25-17(2,3)4)15(6-18)22-9-12(11-23)7-20-22/h1,6-7,9,13,18-19,23H,8,10-11H2,2-4H3/p+1/b15-14+,18-6?/t13-/m0/s1. The molecule has 1 saturated heterocycles. The van der Waals surface area contributed by atoms with Gasteiger partial charge in [0, 0.05) is 18.0 Å². The van der Waals surface area contributed by atoms with E-state index in [0.29, 0.717) is 17.8 Å². The van der Waals surface area contributed by atoms with Crippen LogP contribution in [0.1, 0.15) is 26.3 Å². The van der Waals surface area contributed by atoms with E-state index in [9.17, 15) is 9.90 Å². The van der Waals surface area contributed by atoms with Crippen LogP contribution in [0.5, 0.6) is 0 Å². The van der Waals surface area contributed by atoms with Gasteiger partial charge in [0.1, 0.15) is 30.4 Å². The van der Waals surface area contributed by atoms with Gasteiger partial charge in [0.2, 0.25) is 0 Å². The third-order valence-electron chi connectivity index (χ3n) is 3.66. The molecule has 8 nitrogen and oxygen atoms in total. The first-order valence-electron chi connectivity index (χ1n) is 7.96. The Hall–Kier alpha value is -2.63. The molecule has 1 aliphatic heterocycles. The molecule has 0 unspecified atom stereocenters. The predicted octanol–water partition coefficient (Wildman–Crippen LogP) is 0.00947. The first-order valence-corrected chi connectivity index (χ1v) is 7.96. The van der Waals surface area contributed by atoms with Crippen LogP contribution in [0.3, 0.4) is 0 Å². The predicted molar refractivity (Wildman–Crippen MR) is 92.5 cm³/mol. The summed E-state index contributed by atoms with van der Waals surface area (Å²) in [7, 11) is 0. The summed E-state index contributed by atoms with van der Waals surface area (Å²) in [6.45, 7) is 5.95. The molecule has 1 aromatic rings. The maximum Gasteiger partial charge on any atom is 0.412 e. The number of nitrogens with two attached hydrogens (primary N) is 1. The number of nitrogens with zero attached hydrogens (tertiary/aromatic N) is 3. The molecular weight excluding hydrogens is 322 g/mol. The Bertz CT molecular complexity index is 723. The Kier molecular flexibility index (Phi) is 5.62. The van der Waals surface area contributed by atoms with Crippen LogP contribution in [-0.2, 0) is 11.3 Å². The molecule has 0 saturated carbocycles. The van der Waals surface area contributed by atoms with Crippen molar-refractivity contribution in [2.75, 3.05) is 13.1 Å². The maximum atomic E-state index is 12.5. The zero-order valence-corrected chi connectivity index (χ0v) is 14.7. The molecule has 8 heteroatoms. The van der Waals surface area contributed by atoms with Crippen LogP contribution >= 0.6 is 0 Å². The van der Waals surface area contributed by atoms with Crippen LogP contribution < -0.4 is 5.32 Å². The Morgan fingerprint density at radius 2 is 2.36 bits per heavy atom. The molecular formula is C17H24N5O3+. The van der Waals surface area contributed by atoms with Crippen molar-refractivity contribution in [2.45, 2.75) is 39.0 Å². The lowest BCUT2D eigenvalue weighted by Crippen LogP contribution is -2.90. The summed E-state index contributed by atoms with van der Waals surface area (Å²) < 4.78 is 6.95. The fraction of sp³-hybridized carbons (Fsp3) is 0.471. The number of amides is 1. The Morgan fingerprint density at radius 1 is 1.64 bits per heavy atom. The number of piperazine rings is 1. The molecule has 0 aromatic carbocycles. The van der Waals surface area contributed by atoms with Gasteiger partial charge in [-0.3, -0.25) is 4.90 Å². The average Bonchev–Trinajstić information content (AvgIpc) is 3.02. The molecule has 1 aromatic heterocycles. The molecule has 1 fully saturated rings. The zero-order chi connectivity index (χ0) is 18.6. The van der Waals surface area contributed by atoms with Crippen molar-refractivity contribution in [2.24, 2.45) is 0 Å². The van der Waals surface area contributed by atoms with Crippen LogP contribution in [0.25, 0.3) is 5.70 Å². The average molecular weight is 346 g/mol. The molecule has 2 heterocycles. The summed E-state index contributed by atoms with van der Waals surface area (Å²) in [6.07, 6.45) is 9.42. The molecule has 1 atom stereocenters. The lowest BCUT2D eigenvalue weighted by atomic mass is 10.1.